The molecule has 20 heavy (non-hydrogen) atoms. The highest BCUT2D eigenvalue weighted by molar-refractivity contribution is 7.99. The summed E-state index contributed by atoms with van der Waals surface area (Å²) in [6.07, 6.45) is 0. The Kier molecular flexibility index (Phi) is 4.61. The fourth-order valence-corrected chi connectivity index (χ4v) is 4.89. The molecule has 108 valence electrons. The number of fused-ring (bicyclic) bond motifs is 1. The lowest BCUT2D eigenvalue weighted by Crippen LogP contribution is -2.32. The molecule has 0 saturated carbocycles. The number of hydrogen-bond donors (Lipinski definition) is 1. The predicted molar refractivity (Wildman–Crippen MR) is 87.1 cm³/mol. The quantitative estimate of drug-likeness (QED) is 0.933. The highest BCUT2D eigenvalue weighted by Gasteiger charge is 2.19. The zero-order valence-corrected chi connectivity index (χ0v) is 13.2. The van der Waals surface area contributed by atoms with Crippen LogP contribution in [0.25, 0.3) is 10.1 Å². The minimum atomic E-state index is -0.0810. The van der Waals surface area contributed by atoms with Gasteiger partial charge in [-0.2, -0.15) is 11.8 Å². The summed E-state index contributed by atoms with van der Waals surface area (Å²) in [6, 6.07) is 5.41. The van der Waals surface area contributed by atoms with Crippen LogP contribution in [0.15, 0.2) is 18.2 Å². The van der Waals surface area contributed by atoms with Crippen molar-refractivity contribution in [1.29, 1.82) is 0 Å². The van der Waals surface area contributed by atoms with Crippen molar-refractivity contribution in [1.82, 2.24) is 10.2 Å². The van der Waals surface area contributed by atoms with Crippen molar-refractivity contribution in [3.63, 3.8) is 0 Å². The molecule has 2 nitrogen and oxygen atoms in total. The fraction of sp³-hybridized carbons (Fsp3) is 0.467. The number of nitrogens with zero attached hydrogens (tertiary/aromatic N) is 1. The molecule has 2 aromatic rings. The van der Waals surface area contributed by atoms with Crippen molar-refractivity contribution >= 4 is 33.2 Å². The fourth-order valence-electron chi connectivity index (χ4n) is 2.67. The van der Waals surface area contributed by atoms with E-state index in [4.69, 9.17) is 0 Å². The monoisotopic (exact) mass is 310 g/mol. The van der Waals surface area contributed by atoms with E-state index in [0.717, 1.165) is 36.3 Å². The first kappa shape index (κ1) is 14.3. The van der Waals surface area contributed by atoms with Gasteiger partial charge >= 0.3 is 0 Å². The van der Waals surface area contributed by atoms with Gasteiger partial charge in [0.05, 0.1) is 0 Å². The highest BCUT2D eigenvalue weighted by atomic mass is 32.2. The van der Waals surface area contributed by atoms with E-state index >= 15 is 0 Å². The van der Waals surface area contributed by atoms with Gasteiger partial charge in [0.1, 0.15) is 5.82 Å². The van der Waals surface area contributed by atoms with Gasteiger partial charge < -0.3 is 5.32 Å². The molecule has 1 fully saturated rings. The van der Waals surface area contributed by atoms with Gasteiger partial charge in [-0.3, -0.25) is 4.90 Å². The van der Waals surface area contributed by atoms with Crippen LogP contribution < -0.4 is 5.32 Å². The van der Waals surface area contributed by atoms with Crippen LogP contribution in [0.1, 0.15) is 10.4 Å². The SMILES string of the molecule is CNCc1sc2cccc(F)c2c1CN1CCSCC1. The molecule has 0 amide bonds. The van der Waals surface area contributed by atoms with E-state index in [1.165, 1.54) is 21.9 Å². The van der Waals surface area contributed by atoms with Gasteiger partial charge in [-0.1, -0.05) is 6.07 Å². The van der Waals surface area contributed by atoms with Crippen LogP contribution in [0.5, 0.6) is 0 Å². The van der Waals surface area contributed by atoms with Gasteiger partial charge in [0.2, 0.25) is 0 Å². The van der Waals surface area contributed by atoms with Gasteiger partial charge in [-0.05, 0) is 24.7 Å². The standard InChI is InChI=1S/C15H19FN2S2/c1-17-9-14-11(10-18-5-7-19-8-6-18)15-12(16)3-2-4-13(15)20-14/h2-4,17H,5-10H2,1H3. The molecule has 0 bridgehead atoms. The van der Waals surface area contributed by atoms with Gasteiger partial charge in [0.15, 0.2) is 0 Å². The van der Waals surface area contributed by atoms with E-state index < -0.39 is 0 Å². The summed E-state index contributed by atoms with van der Waals surface area (Å²) in [7, 11) is 1.95. The second-order valence-electron chi connectivity index (χ2n) is 5.04. The van der Waals surface area contributed by atoms with Gasteiger partial charge in [0.25, 0.3) is 0 Å². The third-order valence-electron chi connectivity index (χ3n) is 3.67. The van der Waals surface area contributed by atoms with E-state index in [1.54, 1.807) is 23.5 Å². The number of halogens is 1. The maximum atomic E-state index is 14.2. The summed E-state index contributed by atoms with van der Waals surface area (Å²) in [6.45, 7) is 3.90. The molecule has 1 aliphatic heterocycles. The minimum Gasteiger partial charge on any atom is -0.315 e. The Morgan fingerprint density at radius 3 is 2.85 bits per heavy atom. The molecular weight excluding hydrogens is 291 g/mol. The third kappa shape index (κ3) is 2.86. The third-order valence-corrected chi connectivity index (χ3v) is 5.81. The normalized spacial score (nSPS) is 16.9. The zero-order valence-electron chi connectivity index (χ0n) is 11.6. The first-order valence-corrected chi connectivity index (χ1v) is 8.90. The molecule has 0 unspecified atom stereocenters. The van der Waals surface area contributed by atoms with Crippen molar-refractivity contribution in [3.8, 4) is 0 Å². The summed E-state index contributed by atoms with van der Waals surface area (Å²) in [5, 5.41) is 4.04. The number of rotatable bonds is 4. The van der Waals surface area contributed by atoms with E-state index in [1.807, 2.05) is 24.9 Å². The number of thioether (sulfide) groups is 1. The molecule has 1 saturated heterocycles. The van der Waals surface area contributed by atoms with Crippen LogP contribution in [0, 0.1) is 5.82 Å². The Morgan fingerprint density at radius 1 is 1.30 bits per heavy atom. The Labute approximate surface area is 127 Å². The minimum absolute atomic E-state index is 0.0810. The molecule has 1 aliphatic rings. The molecule has 3 rings (SSSR count). The summed E-state index contributed by atoms with van der Waals surface area (Å²) < 4.78 is 15.3. The molecule has 0 aliphatic carbocycles. The van der Waals surface area contributed by atoms with Crippen molar-refractivity contribution < 1.29 is 4.39 Å². The average molecular weight is 310 g/mol. The number of nitrogens with one attached hydrogen (secondary N) is 1. The van der Waals surface area contributed by atoms with E-state index in [-0.39, 0.29) is 5.82 Å². The lowest BCUT2D eigenvalue weighted by molar-refractivity contribution is 0.295. The molecule has 2 heterocycles. The summed E-state index contributed by atoms with van der Waals surface area (Å²) in [5.41, 5.74) is 1.18. The van der Waals surface area contributed by atoms with Gasteiger partial charge in [0, 0.05) is 52.6 Å². The Hall–Kier alpha value is -0.620. The van der Waals surface area contributed by atoms with Crippen LogP contribution >= 0.6 is 23.1 Å². The number of thiophene rings is 1. The lowest BCUT2D eigenvalue weighted by atomic mass is 10.1. The Balaban J connectivity index is 1.98. The molecule has 1 N–H and O–H groups in total. The van der Waals surface area contributed by atoms with Crippen LogP contribution in [-0.2, 0) is 13.1 Å². The predicted octanol–water partition coefficient (Wildman–Crippen LogP) is 3.31. The van der Waals surface area contributed by atoms with Crippen LogP contribution in [-0.4, -0.2) is 36.5 Å². The Bertz CT molecular complexity index is 591. The summed E-state index contributed by atoms with van der Waals surface area (Å²) in [4.78, 5) is 3.72. The van der Waals surface area contributed by atoms with Crippen molar-refractivity contribution in [2.45, 2.75) is 13.1 Å². The smallest absolute Gasteiger partial charge is 0.132 e. The van der Waals surface area contributed by atoms with E-state index in [9.17, 15) is 4.39 Å². The molecule has 0 spiro atoms. The van der Waals surface area contributed by atoms with Crippen molar-refractivity contribution in [2.24, 2.45) is 0 Å². The van der Waals surface area contributed by atoms with E-state index in [0.29, 0.717) is 0 Å². The Morgan fingerprint density at radius 2 is 2.10 bits per heavy atom. The first-order chi connectivity index (χ1) is 9.79. The number of benzene rings is 1. The summed E-state index contributed by atoms with van der Waals surface area (Å²) in [5.74, 6) is 2.29. The number of hydrogen-bond acceptors (Lipinski definition) is 4. The molecule has 0 radical (unpaired) electrons. The van der Waals surface area contributed by atoms with Crippen molar-refractivity contribution in [2.75, 3.05) is 31.6 Å². The molecule has 1 aromatic carbocycles. The maximum Gasteiger partial charge on any atom is 0.132 e. The van der Waals surface area contributed by atoms with Crippen molar-refractivity contribution in [3.05, 3.63) is 34.5 Å². The maximum absolute atomic E-state index is 14.2. The molecular formula is C15H19FN2S2. The first-order valence-electron chi connectivity index (χ1n) is 6.93. The second-order valence-corrected chi connectivity index (χ2v) is 7.40. The average Bonchev–Trinajstić information content (AvgIpc) is 2.80. The largest absolute Gasteiger partial charge is 0.315 e. The highest BCUT2D eigenvalue weighted by Crippen LogP contribution is 2.34. The van der Waals surface area contributed by atoms with Crippen LogP contribution in [0.2, 0.25) is 0 Å². The van der Waals surface area contributed by atoms with Gasteiger partial charge in [-0.15, -0.1) is 11.3 Å². The van der Waals surface area contributed by atoms with Crippen LogP contribution in [0.4, 0.5) is 4.39 Å². The topological polar surface area (TPSA) is 15.3 Å². The summed E-state index contributed by atoms with van der Waals surface area (Å²) >= 11 is 3.72. The molecule has 5 heteroatoms. The molecule has 1 aromatic heterocycles. The van der Waals surface area contributed by atoms with Crippen LogP contribution in [0.3, 0.4) is 0 Å². The zero-order chi connectivity index (χ0) is 13.9. The second kappa shape index (κ2) is 6.43. The lowest BCUT2D eigenvalue weighted by Gasteiger charge is -2.26. The van der Waals surface area contributed by atoms with Gasteiger partial charge in [-0.25, -0.2) is 4.39 Å². The molecule has 0 atom stereocenters. The van der Waals surface area contributed by atoms with E-state index in [2.05, 4.69) is 10.2 Å².